The molecule has 0 saturated heterocycles. The summed E-state index contributed by atoms with van der Waals surface area (Å²) >= 11 is 0. The van der Waals surface area contributed by atoms with Crippen LogP contribution < -0.4 is 0 Å². The molecule has 0 amide bonds. The third-order valence-corrected chi connectivity index (χ3v) is 4.96. The summed E-state index contributed by atoms with van der Waals surface area (Å²) < 4.78 is 0. The van der Waals surface area contributed by atoms with Crippen LogP contribution >= 0.6 is 0 Å². The fourth-order valence-corrected chi connectivity index (χ4v) is 3.69. The van der Waals surface area contributed by atoms with Crippen molar-refractivity contribution in [3.8, 4) is 11.1 Å². The van der Waals surface area contributed by atoms with Gasteiger partial charge < -0.3 is 0 Å². The zero-order valence-corrected chi connectivity index (χ0v) is 14.0. The lowest BCUT2D eigenvalue weighted by Crippen LogP contribution is -1.88. The molecule has 0 fully saturated rings. The van der Waals surface area contributed by atoms with Gasteiger partial charge in [-0.15, -0.1) is 0 Å². The van der Waals surface area contributed by atoms with Gasteiger partial charge in [-0.3, -0.25) is 4.98 Å². The number of hydrogen-bond donors (Lipinski definition) is 0. The maximum atomic E-state index is 4.72. The van der Waals surface area contributed by atoms with Crippen molar-refractivity contribution in [1.29, 1.82) is 0 Å². The fourth-order valence-electron chi connectivity index (χ4n) is 3.69. The zero-order chi connectivity index (χ0) is 16.8. The second kappa shape index (κ2) is 5.42. The van der Waals surface area contributed by atoms with E-state index in [-0.39, 0.29) is 0 Å². The van der Waals surface area contributed by atoms with E-state index < -0.39 is 0 Å². The van der Waals surface area contributed by atoms with Crippen LogP contribution in [0.3, 0.4) is 0 Å². The van der Waals surface area contributed by atoms with Crippen LogP contribution in [0.4, 0.5) is 0 Å². The molecule has 0 radical (unpaired) electrons. The lowest BCUT2D eigenvalue weighted by molar-refractivity contribution is 1.44. The normalized spacial score (nSPS) is 11.4. The van der Waals surface area contributed by atoms with Gasteiger partial charge in [0.25, 0.3) is 0 Å². The van der Waals surface area contributed by atoms with Crippen molar-refractivity contribution in [2.75, 3.05) is 0 Å². The summed E-state index contributed by atoms with van der Waals surface area (Å²) in [5.41, 5.74) is 4.80. The molecule has 118 valence electrons. The Bertz CT molecular complexity index is 1220. The lowest BCUT2D eigenvalue weighted by atomic mass is 9.92. The van der Waals surface area contributed by atoms with Gasteiger partial charge in [-0.2, -0.15) is 0 Å². The van der Waals surface area contributed by atoms with Crippen molar-refractivity contribution in [2.45, 2.75) is 6.92 Å². The Morgan fingerprint density at radius 3 is 2.24 bits per heavy atom. The Morgan fingerprint density at radius 1 is 0.680 bits per heavy atom. The van der Waals surface area contributed by atoms with Crippen LogP contribution in [-0.4, -0.2) is 4.98 Å². The standard InChI is InChI=1S/C24H17N/c1-16-10-12-17(13-11-16)21-14-18-6-2-3-7-19(18)24-20-8-4-5-9-23(20)25-15-22(21)24/h2-15H,1H3. The number of aryl methyl sites for hydroxylation is 1. The largest absolute Gasteiger partial charge is 0.256 e. The van der Waals surface area contributed by atoms with E-state index in [2.05, 4.69) is 79.7 Å². The number of benzene rings is 4. The van der Waals surface area contributed by atoms with E-state index in [1.807, 2.05) is 12.3 Å². The number of aromatic nitrogens is 1. The van der Waals surface area contributed by atoms with Gasteiger partial charge in [0.1, 0.15) is 0 Å². The minimum Gasteiger partial charge on any atom is -0.256 e. The highest BCUT2D eigenvalue weighted by molar-refractivity contribution is 6.22. The predicted molar refractivity (Wildman–Crippen MR) is 107 cm³/mol. The van der Waals surface area contributed by atoms with Crippen LogP contribution in [0.15, 0.2) is 85.1 Å². The van der Waals surface area contributed by atoms with Crippen LogP contribution in [0.2, 0.25) is 0 Å². The molecule has 1 heteroatoms. The maximum absolute atomic E-state index is 4.72. The van der Waals surface area contributed by atoms with Crippen LogP contribution in [0.25, 0.3) is 43.6 Å². The van der Waals surface area contributed by atoms with E-state index in [9.17, 15) is 0 Å². The van der Waals surface area contributed by atoms with Gasteiger partial charge in [-0.25, -0.2) is 0 Å². The lowest BCUT2D eigenvalue weighted by Gasteiger charge is -2.13. The molecular weight excluding hydrogens is 302 g/mol. The van der Waals surface area contributed by atoms with E-state index in [0.717, 1.165) is 5.52 Å². The van der Waals surface area contributed by atoms with Gasteiger partial charge in [-0.05, 0) is 41.0 Å². The van der Waals surface area contributed by atoms with E-state index in [1.54, 1.807) is 0 Å². The average Bonchev–Trinajstić information content (AvgIpc) is 2.67. The van der Waals surface area contributed by atoms with Gasteiger partial charge in [0.15, 0.2) is 0 Å². The van der Waals surface area contributed by atoms with Crippen molar-refractivity contribution in [3.05, 3.63) is 90.6 Å². The summed E-state index contributed by atoms with van der Waals surface area (Å²) in [6.45, 7) is 2.12. The number of fused-ring (bicyclic) bond motifs is 5. The molecule has 4 aromatic carbocycles. The van der Waals surface area contributed by atoms with Crippen LogP contribution in [0.1, 0.15) is 5.56 Å². The van der Waals surface area contributed by atoms with E-state index in [4.69, 9.17) is 4.98 Å². The monoisotopic (exact) mass is 319 g/mol. The van der Waals surface area contributed by atoms with Gasteiger partial charge in [0.05, 0.1) is 5.52 Å². The highest BCUT2D eigenvalue weighted by Gasteiger charge is 2.11. The molecule has 0 aliphatic heterocycles. The summed E-state index contributed by atoms with van der Waals surface area (Å²) in [6.07, 6.45) is 2.03. The molecule has 5 aromatic rings. The van der Waals surface area contributed by atoms with Crippen molar-refractivity contribution in [1.82, 2.24) is 4.98 Å². The summed E-state index contributed by atoms with van der Waals surface area (Å²) in [7, 11) is 0. The number of para-hydroxylation sites is 1. The van der Waals surface area contributed by atoms with E-state index in [1.165, 1.54) is 43.6 Å². The molecule has 5 rings (SSSR count). The van der Waals surface area contributed by atoms with Crippen molar-refractivity contribution in [3.63, 3.8) is 0 Å². The average molecular weight is 319 g/mol. The Balaban J connectivity index is 2.01. The van der Waals surface area contributed by atoms with Gasteiger partial charge in [0.2, 0.25) is 0 Å². The second-order valence-corrected chi connectivity index (χ2v) is 6.58. The summed E-state index contributed by atoms with van der Waals surface area (Å²) in [4.78, 5) is 4.72. The molecule has 0 bridgehead atoms. The first-order valence-corrected chi connectivity index (χ1v) is 8.57. The molecule has 1 nitrogen and oxygen atoms in total. The molecule has 1 aromatic heterocycles. The number of nitrogens with zero attached hydrogens (tertiary/aromatic N) is 1. The maximum Gasteiger partial charge on any atom is 0.0708 e. The third kappa shape index (κ3) is 2.20. The van der Waals surface area contributed by atoms with Crippen LogP contribution in [0, 0.1) is 6.92 Å². The third-order valence-electron chi connectivity index (χ3n) is 4.96. The first-order valence-electron chi connectivity index (χ1n) is 8.57. The quantitative estimate of drug-likeness (QED) is 0.321. The SMILES string of the molecule is Cc1ccc(-c2cc3ccccc3c3c2cnc2ccccc23)cc1. The minimum absolute atomic E-state index is 1.04. The molecule has 1 heterocycles. The predicted octanol–water partition coefficient (Wildman–Crippen LogP) is 6.52. The molecule has 0 spiro atoms. The molecule has 0 N–H and O–H groups in total. The first-order chi connectivity index (χ1) is 12.3. The molecule has 0 atom stereocenters. The summed E-state index contributed by atoms with van der Waals surface area (Å²) in [6, 6.07) is 28.1. The van der Waals surface area contributed by atoms with E-state index >= 15 is 0 Å². The van der Waals surface area contributed by atoms with E-state index in [0.29, 0.717) is 0 Å². The van der Waals surface area contributed by atoms with Crippen LogP contribution in [0.5, 0.6) is 0 Å². The van der Waals surface area contributed by atoms with Crippen molar-refractivity contribution in [2.24, 2.45) is 0 Å². The number of pyridine rings is 1. The topological polar surface area (TPSA) is 12.9 Å². The van der Waals surface area contributed by atoms with Gasteiger partial charge in [-0.1, -0.05) is 72.3 Å². The molecule has 0 unspecified atom stereocenters. The minimum atomic E-state index is 1.04. The van der Waals surface area contributed by atoms with Crippen LogP contribution in [-0.2, 0) is 0 Å². The highest BCUT2D eigenvalue weighted by atomic mass is 14.6. The molecule has 0 saturated carbocycles. The van der Waals surface area contributed by atoms with Crippen molar-refractivity contribution < 1.29 is 0 Å². The molecule has 0 aliphatic rings. The van der Waals surface area contributed by atoms with Crippen molar-refractivity contribution >= 4 is 32.4 Å². The van der Waals surface area contributed by atoms with Gasteiger partial charge >= 0.3 is 0 Å². The summed E-state index contributed by atoms with van der Waals surface area (Å²) in [5, 5.41) is 6.26. The zero-order valence-electron chi connectivity index (χ0n) is 14.0. The number of hydrogen-bond acceptors (Lipinski definition) is 1. The molecule has 0 aliphatic carbocycles. The first kappa shape index (κ1) is 14.2. The number of rotatable bonds is 1. The highest BCUT2D eigenvalue weighted by Crippen LogP contribution is 2.37. The summed E-state index contributed by atoms with van der Waals surface area (Å²) in [5.74, 6) is 0. The molecular formula is C24H17N. The smallest absolute Gasteiger partial charge is 0.0708 e. The Kier molecular flexibility index (Phi) is 3.07. The Labute approximate surface area is 146 Å². The Hall–Kier alpha value is -3.19. The molecule has 25 heavy (non-hydrogen) atoms. The second-order valence-electron chi connectivity index (χ2n) is 6.58. The van der Waals surface area contributed by atoms with Gasteiger partial charge in [0, 0.05) is 22.4 Å². The Morgan fingerprint density at radius 2 is 1.40 bits per heavy atom. The fraction of sp³-hybridized carbons (Fsp3) is 0.0417.